The van der Waals surface area contributed by atoms with E-state index in [4.69, 9.17) is 33.1 Å². The van der Waals surface area contributed by atoms with Gasteiger partial charge < -0.3 is 9.09 Å². The van der Waals surface area contributed by atoms with E-state index in [1.54, 1.807) is 28.8 Å². The van der Waals surface area contributed by atoms with E-state index in [0.29, 0.717) is 26.1 Å². The lowest BCUT2D eigenvalue weighted by atomic mass is 10.1. The molecule has 2 heterocycles. The number of carbonyl (C=O) groups is 1. The first kappa shape index (κ1) is 17.0. The Hall–Kier alpha value is -2.41. The number of fused-ring (bicyclic) bond motifs is 1. The van der Waals surface area contributed by atoms with Gasteiger partial charge in [-0.1, -0.05) is 57.9 Å². The molecule has 2 aromatic carbocycles. The van der Waals surface area contributed by atoms with Crippen molar-refractivity contribution in [2.75, 3.05) is 0 Å². The highest BCUT2D eigenvalue weighted by atomic mass is 35.5. The maximum absolute atomic E-state index is 12.6. The second-order valence-electron chi connectivity index (χ2n) is 5.59. The number of thiazole rings is 1. The van der Waals surface area contributed by atoms with Crippen molar-refractivity contribution in [2.45, 2.75) is 6.54 Å². The van der Waals surface area contributed by atoms with Crippen molar-refractivity contribution in [3.05, 3.63) is 69.1 Å². The van der Waals surface area contributed by atoms with Crippen LogP contribution in [0.3, 0.4) is 0 Å². The predicted octanol–water partition coefficient (Wildman–Crippen LogP) is 5.03. The molecule has 130 valence electrons. The van der Waals surface area contributed by atoms with E-state index in [0.717, 1.165) is 10.2 Å². The number of nitrogens with one attached hydrogen (secondary N) is 1. The van der Waals surface area contributed by atoms with Crippen LogP contribution in [0.4, 0.5) is 0 Å². The molecule has 0 atom stereocenters. The number of para-hydroxylation sites is 1. The van der Waals surface area contributed by atoms with Gasteiger partial charge in [0.05, 0.1) is 26.8 Å². The number of carbonyl (C=O) groups excluding carboxylic acids is 1. The van der Waals surface area contributed by atoms with Crippen LogP contribution in [0.2, 0.25) is 10.0 Å². The molecule has 1 N–H and O–H groups in total. The first-order valence-electron chi connectivity index (χ1n) is 7.61. The fraction of sp³-hybridized carbons (Fsp3) is 0.0556. The Morgan fingerprint density at radius 1 is 1.15 bits per heavy atom. The largest absolute Gasteiger partial charge is 0.352 e. The first-order valence-corrected chi connectivity index (χ1v) is 9.18. The summed E-state index contributed by atoms with van der Waals surface area (Å²) in [6, 6.07) is 14.3. The van der Waals surface area contributed by atoms with Gasteiger partial charge in [0.1, 0.15) is 5.69 Å². The van der Waals surface area contributed by atoms with Crippen LogP contribution >= 0.6 is 34.5 Å². The van der Waals surface area contributed by atoms with Crippen molar-refractivity contribution in [2.24, 2.45) is 0 Å². The summed E-state index contributed by atoms with van der Waals surface area (Å²) in [6.07, 6.45) is 0. The average molecular weight is 404 g/mol. The summed E-state index contributed by atoms with van der Waals surface area (Å²) in [5.74, 6) is -0.126. The number of aromatic nitrogens is 2. The van der Waals surface area contributed by atoms with Crippen molar-refractivity contribution < 1.29 is 9.32 Å². The van der Waals surface area contributed by atoms with Crippen LogP contribution in [0, 0.1) is 5.41 Å². The van der Waals surface area contributed by atoms with Crippen LogP contribution in [0.1, 0.15) is 10.6 Å². The molecule has 0 aliphatic heterocycles. The average Bonchev–Trinajstić information content (AvgIpc) is 3.23. The minimum atomic E-state index is -0.258. The summed E-state index contributed by atoms with van der Waals surface area (Å²) >= 11 is 13.3. The van der Waals surface area contributed by atoms with Gasteiger partial charge in [0, 0.05) is 11.6 Å². The molecule has 0 fully saturated rings. The quantitative estimate of drug-likeness (QED) is 0.485. The molecule has 0 amide bonds. The Balaban J connectivity index is 1.63. The number of benzene rings is 2. The van der Waals surface area contributed by atoms with Gasteiger partial charge in [-0.15, -0.1) is 0 Å². The summed E-state index contributed by atoms with van der Waals surface area (Å²) in [6.45, 7) is 0.0128. The number of nitrogens with zero attached hydrogens (tertiary/aromatic N) is 2. The fourth-order valence-electron chi connectivity index (χ4n) is 2.61. The zero-order valence-corrected chi connectivity index (χ0v) is 15.5. The van der Waals surface area contributed by atoms with Crippen LogP contribution in [0.25, 0.3) is 21.5 Å². The monoisotopic (exact) mass is 403 g/mol. The summed E-state index contributed by atoms with van der Waals surface area (Å²) in [4.78, 5) is 12.9. The lowest BCUT2D eigenvalue weighted by molar-refractivity contribution is 0.0936. The summed E-state index contributed by atoms with van der Waals surface area (Å²) in [5.41, 5.74) is 2.05. The topological polar surface area (TPSA) is 71.9 Å². The molecule has 0 aliphatic rings. The van der Waals surface area contributed by atoms with E-state index in [1.807, 2.05) is 24.3 Å². The molecule has 0 radical (unpaired) electrons. The van der Waals surface area contributed by atoms with Crippen LogP contribution < -0.4 is 4.80 Å². The molecule has 4 aromatic rings. The number of ketones is 1. The summed E-state index contributed by atoms with van der Waals surface area (Å²) in [5, 5.41) is 12.9. The van der Waals surface area contributed by atoms with Crippen LogP contribution in [0.5, 0.6) is 0 Å². The standard InChI is InChI=1S/C18H11Cl2N3O2S/c19-11-6-5-10(7-12(11)20)13-8-16(25-22-13)15(24)9-23-14-3-1-2-4-17(14)26-18(23)21/h1-8,21H,9H2. The third-order valence-electron chi connectivity index (χ3n) is 3.91. The maximum Gasteiger partial charge on any atom is 0.220 e. The zero-order valence-electron chi connectivity index (χ0n) is 13.2. The van der Waals surface area contributed by atoms with Crippen molar-refractivity contribution >= 4 is 50.5 Å². The minimum absolute atomic E-state index is 0.0128. The SMILES string of the molecule is N=c1sc2ccccc2n1CC(=O)c1cc(-c2ccc(Cl)c(Cl)c2)no1. The van der Waals surface area contributed by atoms with Gasteiger partial charge >= 0.3 is 0 Å². The van der Waals surface area contributed by atoms with Gasteiger partial charge in [0.25, 0.3) is 0 Å². The number of Topliss-reactive ketones (excluding diaryl/α,β-unsaturated/α-hetero) is 1. The number of rotatable bonds is 4. The van der Waals surface area contributed by atoms with E-state index in [1.165, 1.54) is 11.3 Å². The Morgan fingerprint density at radius 3 is 2.77 bits per heavy atom. The van der Waals surface area contributed by atoms with Gasteiger partial charge in [0.15, 0.2) is 4.80 Å². The molecule has 8 heteroatoms. The zero-order chi connectivity index (χ0) is 18.3. The van der Waals surface area contributed by atoms with Gasteiger partial charge in [-0.3, -0.25) is 10.2 Å². The Bertz CT molecular complexity index is 1190. The van der Waals surface area contributed by atoms with Crippen LogP contribution in [0.15, 0.2) is 53.1 Å². The lowest BCUT2D eigenvalue weighted by Crippen LogP contribution is -2.19. The Labute approximate surface area is 161 Å². The third-order valence-corrected chi connectivity index (χ3v) is 5.63. The van der Waals surface area contributed by atoms with Gasteiger partial charge in [-0.2, -0.15) is 0 Å². The highest BCUT2D eigenvalue weighted by Gasteiger charge is 2.17. The number of halogens is 2. The second-order valence-corrected chi connectivity index (χ2v) is 7.43. The van der Waals surface area contributed by atoms with E-state index >= 15 is 0 Å². The molecular weight excluding hydrogens is 393 g/mol. The molecule has 0 saturated carbocycles. The van der Waals surface area contributed by atoms with Crippen LogP contribution in [-0.4, -0.2) is 15.5 Å². The van der Waals surface area contributed by atoms with E-state index in [-0.39, 0.29) is 18.1 Å². The van der Waals surface area contributed by atoms with E-state index in [2.05, 4.69) is 5.16 Å². The number of hydrogen-bond donors (Lipinski definition) is 1. The van der Waals surface area contributed by atoms with Crippen molar-refractivity contribution in [3.8, 4) is 11.3 Å². The molecule has 0 unspecified atom stereocenters. The molecule has 26 heavy (non-hydrogen) atoms. The summed E-state index contributed by atoms with van der Waals surface area (Å²) in [7, 11) is 0. The third kappa shape index (κ3) is 3.07. The maximum atomic E-state index is 12.6. The smallest absolute Gasteiger partial charge is 0.220 e. The van der Waals surface area contributed by atoms with Crippen LogP contribution in [-0.2, 0) is 6.54 Å². The molecule has 5 nitrogen and oxygen atoms in total. The second kappa shape index (κ2) is 6.72. The lowest BCUT2D eigenvalue weighted by Gasteiger charge is -2.01. The minimum Gasteiger partial charge on any atom is -0.352 e. The van der Waals surface area contributed by atoms with Crippen molar-refractivity contribution in [1.82, 2.24) is 9.72 Å². The van der Waals surface area contributed by atoms with Crippen molar-refractivity contribution in [1.29, 1.82) is 5.41 Å². The molecular formula is C18H11Cl2N3O2S. The highest BCUT2D eigenvalue weighted by molar-refractivity contribution is 7.16. The molecule has 4 rings (SSSR count). The van der Waals surface area contributed by atoms with Gasteiger partial charge in [0.2, 0.25) is 11.5 Å². The molecule has 0 spiro atoms. The fourth-order valence-corrected chi connectivity index (χ4v) is 3.82. The van der Waals surface area contributed by atoms with E-state index < -0.39 is 0 Å². The highest BCUT2D eigenvalue weighted by Crippen LogP contribution is 2.28. The normalized spacial score (nSPS) is 11.2. The molecule has 2 aromatic heterocycles. The van der Waals surface area contributed by atoms with E-state index in [9.17, 15) is 4.79 Å². The van der Waals surface area contributed by atoms with Gasteiger partial charge in [-0.25, -0.2) is 0 Å². The first-order chi connectivity index (χ1) is 12.5. The number of hydrogen-bond acceptors (Lipinski definition) is 5. The molecule has 0 aliphatic carbocycles. The van der Waals surface area contributed by atoms with Crippen molar-refractivity contribution in [3.63, 3.8) is 0 Å². The van der Waals surface area contributed by atoms with Gasteiger partial charge in [-0.05, 0) is 24.3 Å². The summed E-state index contributed by atoms with van der Waals surface area (Å²) < 4.78 is 7.82. The molecule has 0 bridgehead atoms. The predicted molar refractivity (Wildman–Crippen MR) is 102 cm³/mol. The Kier molecular flexibility index (Phi) is 4.40. The molecule has 0 saturated heterocycles. The Morgan fingerprint density at radius 2 is 1.96 bits per heavy atom.